The normalized spacial score (nSPS) is 17.6. The second-order valence-electron chi connectivity index (χ2n) is 6.93. The van der Waals surface area contributed by atoms with Gasteiger partial charge >= 0.3 is 0 Å². The van der Waals surface area contributed by atoms with Crippen LogP contribution in [0.15, 0.2) is 27.1 Å². The summed E-state index contributed by atoms with van der Waals surface area (Å²) in [5, 5.41) is 3.56. The number of hydrogen-bond donors (Lipinski definition) is 1. The summed E-state index contributed by atoms with van der Waals surface area (Å²) in [6, 6.07) is 1.30. The number of aromatic nitrogens is 4. The van der Waals surface area contributed by atoms with Gasteiger partial charge in [-0.15, -0.1) is 0 Å². The number of amides is 1. The number of nitrogens with one attached hydrogen (secondary N) is 1. The van der Waals surface area contributed by atoms with Gasteiger partial charge in [0.15, 0.2) is 5.16 Å². The number of rotatable bonds is 5. The highest BCUT2D eigenvalue weighted by atomic mass is 32.2. The van der Waals surface area contributed by atoms with Crippen molar-refractivity contribution in [2.75, 3.05) is 12.3 Å². The zero-order valence-electron chi connectivity index (χ0n) is 15.1. The van der Waals surface area contributed by atoms with Crippen molar-refractivity contribution in [2.24, 2.45) is 0 Å². The summed E-state index contributed by atoms with van der Waals surface area (Å²) in [5.41, 5.74) is 2.30. The van der Waals surface area contributed by atoms with Crippen LogP contribution in [0.2, 0.25) is 0 Å². The fourth-order valence-corrected chi connectivity index (χ4v) is 4.74. The fraction of sp³-hybridized carbons (Fsp3) is 0.500. The monoisotopic (exact) mass is 387 g/mol. The van der Waals surface area contributed by atoms with Crippen LogP contribution in [0.3, 0.4) is 0 Å². The largest absolute Gasteiger partial charge is 0.354 e. The number of hydrogen-bond acceptors (Lipinski definition) is 6. The summed E-state index contributed by atoms with van der Waals surface area (Å²) in [7, 11) is 0. The number of carbonyl (C=O) groups is 1. The van der Waals surface area contributed by atoms with Gasteiger partial charge < -0.3 is 5.32 Å². The Morgan fingerprint density at radius 1 is 1.37 bits per heavy atom. The molecule has 1 N–H and O–H groups in total. The van der Waals surface area contributed by atoms with Gasteiger partial charge in [0.05, 0.1) is 18.1 Å². The topological polar surface area (TPSA) is 98.9 Å². The second kappa shape index (κ2) is 7.30. The Kier molecular flexibility index (Phi) is 4.86. The predicted molar refractivity (Wildman–Crippen MR) is 101 cm³/mol. The molecule has 3 heterocycles. The first-order valence-corrected chi connectivity index (χ1v) is 10.1. The van der Waals surface area contributed by atoms with E-state index in [1.165, 1.54) is 17.0 Å². The lowest BCUT2D eigenvalue weighted by molar-refractivity contribution is -0.121. The molecule has 0 bridgehead atoms. The zero-order valence-corrected chi connectivity index (χ0v) is 15.9. The summed E-state index contributed by atoms with van der Waals surface area (Å²) in [6.45, 7) is 2.47. The van der Waals surface area contributed by atoms with E-state index >= 15 is 0 Å². The highest BCUT2D eigenvalue weighted by Gasteiger charge is 2.30. The van der Waals surface area contributed by atoms with Crippen molar-refractivity contribution < 1.29 is 4.79 Å². The first kappa shape index (κ1) is 18.0. The molecular formula is C18H21N5O3S. The van der Waals surface area contributed by atoms with Crippen LogP contribution in [0.4, 0.5) is 0 Å². The molecule has 0 saturated heterocycles. The van der Waals surface area contributed by atoms with E-state index in [2.05, 4.69) is 15.3 Å². The molecule has 9 heteroatoms. The highest BCUT2D eigenvalue weighted by Crippen LogP contribution is 2.33. The molecule has 2 aromatic rings. The van der Waals surface area contributed by atoms with Crippen molar-refractivity contribution in [1.82, 2.24) is 24.4 Å². The summed E-state index contributed by atoms with van der Waals surface area (Å²) in [5.74, 6) is 0.550. The van der Waals surface area contributed by atoms with E-state index in [1.54, 1.807) is 23.3 Å². The van der Waals surface area contributed by atoms with E-state index < -0.39 is 0 Å². The molecule has 0 aromatic carbocycles. The van der Waals surface area contributed by atoms with Gasteiger partial charge in [0.1, 0.15) is 0 Å². The smallest absolute Gasteiger partial charge is 0.257 e. The molecule has 4 rings (SSSR count). The minimum atomic E-state index is -0.167. The molecule has 1 amide bonds. The Hall–Kier alpha value is -2.42. The Morgan fingerprint density at radius 2 is 2.22 bits per heavy atom. The number of carbonyl (C=O) groups excluding carboxylic acids is 1. The third-order valence-corrected chi connectivity index (χ3v) is 6.08. The van der Waals surface area contributed by atoms with Gasteiger partial charge in [0, 0.05) is 42.6 Å². The summed E-state index contributed by atoms with van der Waals surface area (Å²) in [4.78, 5) is 45.6. The molecule has 0 spiro atoms. The van der Waals surface area contributed by atoms with E-state index in [0.29, 0.717) is 24.5 Å². The predicted octanol–water partition coefficient (Wildman–Crippen LogP) is 0.450. The molecule has 1 unspecified atom stereocenters. The molecule has 0 fully saturated rings. The van der Waals surface area contributed by atoms with Crippen LogP contribution < -0.4 is 16.4 Å². The maximum atomic E-state index is 12.7. The Balaban J connectivity index is 1.38. The molecule has 0 radical (unpaired) electrons. The van der Waals surface area contributed by atoms with Crippen molar-refractivity contribution >= 4 is 17.7 Å². The van der Waals surface area contributed by atoms with Crippen molar-refractivity contribution in [1.29, 1.82) is 0 Å². The van der Waals surface area contributed by atoms with Crippen LogP contribution in [0.1, 0.15) is 35.8 Å². The third kappa shape index (κ3) is 3.55. The van der Waals surface area contributed by atoms with Crippen LogP contribution in [0.5, 0.6) is 0 Å². The van der Waals surface area contributed by atoms with Crippen molar-refractivity contribution in [3.05, 3.63) is 50.1 Å². The summed E-state index contributed by atoms with van der Waals surface area (Å²) >= 11 is 1.54. The lowest BCUT2D eigenvalue weighted by Gasteiger charge is -2.14. The Morgan fingerprint density at radius 3 is 3.04 bits per heavy atom. The summed E-state index contributed by atoms with van der Waals surface area (Å²) in [6.07, 6.45) is 4.35. The van der Waals surface area contributed by atoms with E-state index in [9.17, 15) is 14.4 Å². The van der Waals surface area contributed by atoms with E-state index in [-0.39, 0.29) is 29.5 Å². The van der Waals surface area contributed by atoms with Crippen molar-refractivity contribution in [3.8, 4) is 0 Å². The van der Waals surface area contributed by atoms with Crippen LogP contribution >= 0.6 is 11.8 Å². The van der Waals surface area contributed by atoms with Crippen LogP contribution in [0.25, 0.3) is 0 Å². The lowest BCUT2D eigenvalue weighted by Crippen LogP contribution is -2.34. The lowest BCUT2D eigenvalue weighted by atomic mass is 10.2. The molecule has 8 nitrogen and oxygen atoms in total. The number of fused-ring (bicyclic) bond motifs is 2. The first-order chi connectivity index (χ1) is 13.0. The first-order valence-electron chi connectivity index (χ1n) is 9.10. The summed E-state index contributed by atoms with van der Waals surface area (Å²) < 4.78 is 3.16. The minimum absolute atomic E-state index is 0.0209. The number of aryl methyl sites for hydroxylation is 2. The van der Waals surface area contributed by atoms with E-state index in [4.69, 9.17) is 0 Å². The molecule has 0 saturated carbocycles. The second-order valence-corrected chi connectivity index (χ2v) is 7.92. The van der Waals surface area contributed by atoms with Gasteiger partial charge in [0.2, 0.25) is 5.91 Å². The molecule has 1 aliphatic heterocycles. The maximum Gasteiger partial charge on any atom is 0.257 e. The molecule has 2 aromatic heterocycles. The maximum absolute atomic E-state index is 12.7. The molecule has 27 heavy (non-hydrogen) atoms. The fourth-order valence-electron chi connectivity index (χ4n) is 3.59. The van der Waals surface area contributed by atoms with Gasteiger partial charge in [0.25, 0.3) is 11.1 Å². The van der Waals surface area contributed by atoms with Gasteiger partial charge in [-0.1, -0.05) is 11.8 Å². The third-order valence-electron chi connectivity index (χ3n) is 4.98. The van der Waals surface area contributed by atoms with Gasteiger partial charge in [-0.05, 0) is 26.2 Å². The van der Waals surface area contributed by atoms with E-state index in [1.807, 2.05) is 0 Å². The van der Waals surface area contributed by atoms with Crippen LogP contribution in [-0.2, 0) is 24.2 Å². The molecule has 142 valence electrons. The standard InChI is InChI=1S/C18H21N5O3S/c1-11-7-16(25)22(10-20-11)6-5-19-15(24)8-12-9-27-18-21-14-4-2-3-13(14)17(26)23(12)18/h7,10,12H,2-6,8-9H2,1H3,(H,19,24). The van der Waals surface area contributed by atoms with Crippen LogP contribution in [-0.4, -0.2) is 37.3 Å². The van der Waals surface area contributed by atoms with Gasteiger partial charge in [-0.3, -0.25) is 23.5 Å². The molecule has 2 aliphatic rings. The minimum Gasteiger partial charge on any atom is -0.354 e. The van der Waals surface area contributed by atoms with Gasteiger partial charge in [-0.25, -0.2) is 9.97 Å². The average Bonchev–Trinajstić information content (AvgIpc) is 3.25. The Bertz CT molecular complexity index is 1010. The van der Waals surface area contributed by atoms with Crippen molar-refractivity contribution in [3.63, 3.8) is 0 Å². The van der Waals surface area contributed by atoms with E-state index in [0.717, 1.165) is 35.7 Å². The average molecular weight is 387 g/mol. The van der Waals surface area contributed by atoms with Crippen molar-refractivity contribution in [2.45, 2.75) is 50.4 Å². The number of thioether (sulfide) groups is 1. The number of nitrogens with zero attached hydrogens (tertiary/aromatic N) is 4. The molecular weight excluding hydrogens is 366 g/mol. The highest BCUT2D eigenvalue weighted by molar-refractivity contribution is 7.99. The van der Waals surface area contributed by atoms with Crippen LogP contribution in [0, 0.1) is 6.92 Å². The Labute approximate surface area is 160 Å². The zero-order chi connectivity index (χ0) is 19.0. The SMILES string of the molecule is Cc1cc(=O)n(CCNC(=O)CC2CSc3nc4c(c(=O)n32)CCC4)cn1. The molecule has 1 atom stereocenters. The quantitative estimate of drug-likeness (QED) is 0.748. The molecule has 1 aliphatic carbocycles. The van der Waals surface area contributed by atoms with Gasteiger partial charge in [-0.2, -0.15) is 0 Å².